The first-order valence-electron chi connectivity index (χ1n) is 8.54. The van der Waals surface area contributed by atoms with E-state index in [0.29, 0.717) is 0 Å². The quantitative estimate of drug-likeness (QED) is 0.185. The number of carboxylic acid groups (broad SMARTS) is 1. The molecule has 0 aromatic heterocycles. The zero-order valence-electron chi connectivity index (χ0n) is 13.9. The van der Waals surface area contributed by atoms with Crippen molar-refractivity contribution >= 4 is 5.97 Å². The first kappa shape index (κ1) is 20.9. The van der Waals surface area contributed by atoms with Gasteiger partial charge < -0.3 is 5.11 Å². The summed E-state index contributed by atoms with van der Waals surface area (Å²) in [5, 5.41) is 17.4. The van der Waals surface area contributed by atoms with E-state index in [9.17, 15) is 4.79 Å². The van der Waals surface area contributed by atoms with Crippen molar-refractivity contribution in [1.29, 1.82) is 0 Å². The zero-order valence-corrected chi connectivity index (χ0v) is 13.9. The molecule has 0 spiro atoms. The molecule has 0 aromatic rings. The lowest BCUT2D eigenvalue weighted by Gasteiger charge is -2.08. The zero-order chi connectivity index (χ0) is 16.5. The Balaban J connectivity index is 3.60. The Kier molecular flexibility index (Phi) is 15.4. The second kappa shape index (κ2) is 16.2. The summed E-state index contributed by atoms with van der Waals surface area (Å²) < 4.78 is 0. The molecule has 0 aliphatic rings. The monoisotopic (exact) mass is 312 g/mol. The van der Waals surface area contributed by atoms with Gasteiger partial charge in [-0.3, -0.25) is 10.1 Å². The molecule has 4 nitrogen and oxygen atoms in total. The van der Waals surface area contributed by atoms with Gasteiger partial charge >= 0.3 is 5.97 Å². The molecule has 0 saturated heterocycles. The number of hydrogen-bond acceptors (Lipinski definition) is 3. The van der Waals surface area contributed by atoms with Crippen LogP contribution in [0.1, 0.15) is 77.6 Å². The van der Waals surface area contributed by atoms with E-state index in [4.69, 9.17) is 10.4 Å². The summed E-state index contributed by atoms with van der Waals surface area (Å²) in [5.74, 6) is -0.734. The summed E-state index contributed by atoms with van der Waals surface area (Å²) in [7, 11) is 0. The predicted octanol–water partition coefficient (Wildman–Crippen LogP) is 5.35. The minimum atomic E-state index is -0.734. The Morgan fingerprint density at radius 1 is 1.05 bits per heavy atom. The largest absolute Gasteiger partial charge is 0.481 e. The number of allylic oxidation sites excluding steroid dienone is 3. The van der Waals surface area contributed by atoms with Gasteiger partial charge in [0.1, 0.15) is 6.10 Å². The molecule has 0 amide bonds. The third-order valence-electron chi connectivity index (χ3n) is 3.53. The highest BCUT2D eigenvalue weighted by molar-refractivity contribution is 5.66. The van der Waals surface area contributed by atoms with Crippen molar-refractivity contribution in [3.8, 4) is 0 Å². The highest BCUT2D eigenvalue weighted by Crippen LogP contribution is 2.10. The lowest BCUT2D eigenvalue weighted by molar-refractivity contribution is -0.267. The van der Waals surface area contributed by atoms with E-state index >= 15 is 0 Å². The molecule has 0 heterocycles. The summed E-state index contributed by atoms with van der Waals surface area (Å²) >= 11 is 0. The summed E-state index contributed by atoms with van der Waals surface area (Å²) in [6, 6.07) is 0. The maximum atomic E-state index is 10.4. The highest BCUT2D eigenvalue weighted by atomic mass is 17.1. The lowest BCUT2D eigenvalue weighted by Crippen LogP contribution is -2.06. The van der Waals surface area contributed by atoms with Crippen LogP contribution < -0.4 is 0 Å². The molecule has 0 fully saturated rings. The Bertz CT molecular complexity index is 310. The van der Waals surface area contributed by atoms with Crippen molar-refractivity contribution in [3.63, 3.8) is 0 Å². The van der Waals surface area contributed by atoms with Crippen molar-refractivity contribution in [1.82, 2.24) is 0 Å². The van der Waals surface area contributed by atoms with Gasteiger partial charge in [0.25, 0.3) is 0 Å². The molecule has 2 N–H and O–H groups in total. The minimum absolute atomic E-state index is 0.240. The molecule has 22 heavy (non-hydrogen) atoms. The fourth-order valence-corrected chi connectivity index (χ4v) is 2.19. The maximum absolute atomic E-state index is 10.4. The van der Waals surface area contributed by atoms with E-state index in [1.165, 1.54) is 19.3 Å². The first-order chi connectivity index (χ1) is 10.7. The summed E-state index contributed by atoms with van der Waals surface area (Å²) in [6.45, 7) is 2.20. The Morgan fingerprint density at radius 3 is 2.50 bits per heavy atom. The Labute approximate surface area is 134 Å². The van der Waals surface area contributed by atoms with Gasteiger partial charge in [-0.25, -0.2) is 4.89 Å². The van der Waals surface area contributed by atoms with E-state index in [1.807, 2.05) is 12.2 Å². The van der Waals surface area contributed by atoms with Crippen LogP contribution in [0.3, 0.4) is 0 Å². The fourth-order valence-electron chi connectivity index (χ4n) is 2.19. The average Bonchev–Trinajstić information content (AvgIpc) is 2.50. The molecule has 0 aromatic carbocycles. The second-order valence-electron chi connectivity index (χ2n) is 5.62. The van der Waals surface area contributed by atoms with Crippen molar-refractivity contribution in [3.05, 3.63) is 24.3 Å². The third-order valence-corrected chi connectivity index (χ3v) is 3.53. The molecule has 0 rings (SSSR count). The van der Waals surface area contributed by atoms with Crippen LogP contribution in [0.2, 0.25) is 0 Å². The molecule has 0 unspecified atom stereocenters. The number of carboxylic acids is 1. The van der Waals surface area contributed by atoms with Crippen LogP contribution in [-0.2, 0) is 9.68 Å². The van der Waals surface area contributed by atoms with Crippen LogP contribution in [0.5, 0.6) is 0 Å². The molecule has 0 aliphatic heterocycles. The molecule has 0 aliphatic carbocycles. The molecule has 4 heteroatoms. The van der Waals surface area contributed by atoms with E-state index in [2.05, 4.69) is 24.0 Å². The molecular formula is C18H32O4. The Hall–Kier alpha value is -1.13. The van der Waals surface area contributed by atoms with Gasteiger partial charge in [-0.1, -0.05) is 63.3 Å². The second-order valence-corrected chi connectivity index (χ2v) is 5.62. The summed E-state index contributed by atoms with van der Waals surface area (Å²) in [5.41, 5.74) is 0. The predicted molar refractivity (Wildman–Crippen MR) is 89.9 cm³/mol. The van der Waals surface area contributed by atoms with Crippen LogP contribution in [0.4, 0.5) is 0 Å². The van der Waals surface area contributed by atoms with Crippen LogP contribution in [-0.4, -0.2) is 22.4 Å². The number of unbranched alkanes of at least 4 members (excludes halogenated alkanes) is 6. The van der Waals surface area contributed by atoms with Gasteiger partial charge in [-0.2, -0.15) is 0 Å². The molecule has 0 radical (unpaired) electrons. The lowest BCUT2D eigenvalue weighted by atomic mass is 10.1. The molecule has 0 saturated carbocycles. The maximum Gasteiger partial charge on any atom is 0.303 e. The smallest absolute Gasteiger partial charge is 0.303 e. The van der Waals surface area contributed by atoms with E-state index in [0.717, 1.165) is 44.9 Å². The summed E-state index contributed by atoms with van der Waals surface area (Å²) in [6.07, 6.45) is 18.3. The van der Waals surface area contributed by atoms with Crippen molar-refractivity contribution < 1.29 is 20.0 Å². The van der Waals surface area contributed by atoms with Gasteiger partial charge in [0.05, 0.1) is 0 Å². The van der Waals surface area contributed by atoms with Crippen molar-refractivity contribution in [2.75, 3.05) is 0 Å². The van der Waals surface area contributed by atoms with Gasteiger partial charge in [0, 0.05) is 6.42 Å². The molecule has 1 atom stereocenters. The molecule has 0 bridgehead atoms. The van der Waals surface area contributed by atoms with Crippen LogP contribution in [0.25, 0.3) is 0 Å². The number of carbonyl (C=O) groups is 1. The molecular weight excluding hydrogens is 280 g/mol. The molecule has 128 valence electrons. The fraction of sp³-hybridized carbons (Fsp3) is 0.722. The highest BCUT2D eigenvalue weighted by Gasteiger charge is 2.04. The standard InChI is InChI=1S/C18H32O4/c1-2-3-4-5-6-7-8-11-14-17(22-21)15-12-9-10-13-16-18(19)20/h6-7,11,14,17,21H,2-5,8-10,12-13,15-16H2,1H3,(H,19,20)/t17-/m0/s1. The van der Waals surface area contributed by atoms with E-state index in [1.54, 1.807) is 0 Å². The van der Waals surface area contributed by atoms with Crippen LogP contribution in [0, 0.1) is 0 Å². The van der Waals surface area contributed by atoms with Gasteiger partial charge in [-0.05, 0) is 32.1 Å². The SMILES string of the molecule is CCCCCC=CCC=C[C@@H](CCCCCCC(=O)O)OO. The summed E-state index contributed by atoms with van der Waals surface area (Å²) in [4.78, 5) is 14.8. The van der Waals surface area contributed by atoms with Gasteiger partial charge in [-0.15, -0.1) is 0 Å². The van der Waals surface area contributed by atoms with E-state index in [-0.39, 0.29) is 12.5 Å². The van der Waals surface area contributed by atoms with Crippen LogP contribution in [0.15, 0.2) is 24.3 Å². The number of aliphatic carboxylic acids is 1. The minimum Gasteiger partial charge on any atom is -0.481 e. The number of hydrogen-bond donors (Lipinski definition) is 2. The normalized spacial score (nSPS) is 13.2. The first-order valence-corrected chi connectivity index (χ1v) is 8.54. The Morgan fingerprint density at radius 2 is 1.82 bits per heavy atom. The third kappa shape index (κ3) is 15.3. The van der Waals surface area contributed by atoms with Gasteiger partial charge in [0.15, 0.2) is 0 Å². The average molecular weight is 312 g/mol. The van der Waals surface area contributed by atoms with Crippen molar-refractivity contribution in [2.45, 2.75) is 83.7 Å². The van der Waals surface area contributed by atoms with Crippen LogP contribution >= 0.6 is 0 Å². The number of rotatable bonds is 15. The van der Waals surface area contributed by atoms with E-state index < -0.39 is 5.97 Å². The van der Waals surface area contributed by atoms with Crippen molar-refractivity contribution in [2.24, 2.45) is 0 Å². The van der Waals surface area contributed by atoms with Gasteiger partial charge in [0.2, 0.25) is 0 Å². The topological polar surface area (TPSA) is 66.8 Å².